The van der Waals surface area contributed by atoms with Crippen LogP contribution in [0.1, 0.15) is 45.2 Å². The lowest BCUT2D eigenvalue weighted by molar-refractivity contribution is 0.209. The number of hydrogen-bond acceptors (Lipinski definition) is 3. The summed E-state index contributed by atoms with van der Waals surface area (Å²) in [6.07, 6.45) is 2.48. The van der Waals surface area contributed by atoms with Gasteiger partial charge < -0.3 is 4.74 Å². The van der Waals surface area contributed by atoms with E-state index in [-0.39, 0.29) is 12.1 Å². The van der Waals surface area contributed by atoms with E-state index < -0.39 is 0 Å². The monoisotopic (exact) mass is 222 g/mol. The standard InChI is InChI=1S/C13H22N2O/c1-4-6-10(2)16-13-8-5-7-12(9-13)11(3)15-14/h5,7-11,15H,4,6,14H2,1-3H3/t10-,11-/m1/s1. The van der Waals surface area contributed by atoms with Crippen molar-refractivity contribution in [2.45, 2.75) is 45.8 Å². The van der Waals surface area contributed by atoms with E-state index in [1.165, 1.54) is 0 Å². The molecule has 0 unspecified atom stereocenters. The fourth-order valence-electron chi connectivity index (χ4n) is 1.65. The van der Waals surface area contributed by atoms with Crippen LogP contribution in [0.4, 0.5) is 0 Å². The number of benzene rings is 1. The van der Waals surface area contributed by atoms with E-state index >= 15 is 0 Å². The number of rotatable bonds is 6. The Kier molecular flexibility index (Phi) is 5.29. The van der Waals surface area contributed by atoms with Crippen molar-refractivity contribution < 1.29 is 4.74 Å². The molecule has 1 aromatic rings. The third-order valence-corrected chi connectivity index (χ3v) is 2.64. The Bertz CT molecular complexity index is 315. The summed E-state index contributed by atoms with van der Waals surface area (Å²) < 4.78 is 5.82. The van der Waals surface area contributed by atoms with Crippen molar-refractivity contribution in [3.63, 3.8) is 0 Å². The lowest BCUT2D eigenvalue weighted by Gasteiger charge is -2.16. The Morgan fingerprint density at radius 1 is 1.38 bits per heavy atom. The average Bonchev–Trinajstić information content (AvgIpc) is 2.28. The fraction of sp³-hybridized carbons (Fsp3) is 0.538. The van der Waals surface area contributed by atoms with Crippen LogP contribution >= 0.6 is 0 Å². The molecule has 3 nitrogen and oxygen atoms in total. The third-order valence-electron chi connectivity index (χ3n) is 2.64. The highest BCUT2D eigenvalue weighted by molar-refractivity contribution is 5.30. The minimum Gasteiger partial charge on any atom is -0.491 e. The summed E-state index contributed by atoms with van der Waals surface area (Å²) in [5.41, 5.74) is 3.87. The van der Waals surface area contributed by atoms with Crippen LogP contribution in [0.3, 0.4) is 0 Å². The number of hydrogen-bond donors (Lipinski definition) is 2. The van der Waals surface area contributed by atoms with Gasteiger partial charge in [-0.25, -0.2) is 0 Å². The van der Waals surface area contributed by atoms with Gasteiger partial charge in [0.25, 0.3) is 0 Å². The highest BCUT2D eigenvalue weighted by atomic mass is 16.5. The molecule has 0 radical (unpaired) electrons. The topological polar surface area (TPSA) is 47.3 Å². The molecule has 0 aliphatic rings. The molecule has 0 fully saturated rings. The van der Waals surface area contributed by atoms with E-state index in [9.17, 15) is 0 Å². The van der Waals surface area contributed by atoms with Crippen molar-refractivity contribution >= 4 is 0 Å². The molecule has 2 atom stereocenters. The summed E-state index contributed by atoms with van der Waals surface area (Å²) in [5.74, 6) is 6.33. The summed E-state index contributed by atoms with van der Waals surface area (Å²) in [7, 11) is 0. The first-order valence-corrected chi connectivity index (χ1v) is 5.90. The minimum atomic E-state index is 0.144. The van der Waals surface area contributed by atoms with E-state index in [4.69, 9.17) is 10.6 Å². The van der Waals surface area contributed by atoms with Crippen molar-refractivity contribution in [2.24, 2.45) is 5.84 Å². The Balaban J connectivity index is 2.67. The van der Waals surface area contributed by atoms with Crippen LogP contribution in [0.5, 0.6) is 5.75 Å². The van der Waals surface area contributed by atoms with E-state index in [1.807, 2.05) is 31.2 Å². The second-order valence-corrected chi connectivity index (χ2v) is 4.18. The number of nitrogens with one attached hydrogen (secondary N) is 1. The zero-order valence-corrected chi connectivity index (χ0v) is 10.4. The van der Waals surface area contributed by atoms with Crippen LogP contribution in [0.15, 0.2) is 24.3 Å². The largest absolute Gasteiger partial charge is 0.491 e. The molecule has 0 saturated carbocycles. The molecule has 16 heavy (non-hydrogen) atoms. The van der Waals surface area contributed by atoms with E-state index in [0.717, 1.165) is 24.2 Å². The third kappa shape index (κ3) is 3.83. The predicted molar refractivity (Wildman–Crippen MR) is 67.2 cm³/mol. The fourth-order valence-corrected chi connectivity index (χ4v) is 1.65. The Labute approximate surface area is 98.0 Å². The van der Waals surface area contributed by atoms with Gasteiger partial charge in [0.05, 0.1) is 6.10 Å². The quantitative estimate of drug-likeness (QED) is 0.574. The summed E-state index contributed by atoms with van der Waals surface area (Å²) in [6.45, 7) is 6.28. The second-order valence-electron chi connectivity index (χ2n) is 4.18. The maximum atomic E-state index is 5.82. The number of ether oxygens (including phenoxy) is 1. The first kappa shape index (κ1) is 13.0. The van der Waals surface area contributed by atoms with Gasteiger partial charge in [0, 0.05) is 6.04 Å². The predicted octanol–water partition coefficient (Wildman–Crippen LogP) is 2.78. The summed E-state index contributed by atoms with van der Waals surface area (Å²) in [5, 5.41) is 0. The first-order valence-electron chi connectivity index (χ1n) is 5.90. The molecule has 0 aliphatic heterocycles. The molecule has 3 N–H and O–H groups in total. The van der Waals surface area contributed by atoms with Crippen molar-refractivity contribution in [3.05, 3.63) is 29.8 Å². The van der Waals surface area contributed by atoms with Gasteiger partial charge in [-0.15, -0.1) is 0 Å². The van der Waals surface area contributed by atoms with Gasteiger partial charge in [-0.3, -0.25) is 11.3 Å². The molecule has 1 aromatic carbocycles. The van der Waals surface area contributed by atoms with Crippen LogP contribution < -0.4 is 16.0 Å². The molecule has 3 heteroatoms. The molecule has 0 aromatic heterocycles. The highest BCUT2D eigenvalue weighted by Crippen LogP contribution is 2.20. The van der Waals surface area contributed by atoms with Gasteiger partial charge in [0.15, 0.2) is 0 Å². The summed E-state index contributed by atoms with van der Waals surface area (Å²) in [6, 6.07) is 8.21. The minimum absolute atomic E-state index is 0.144. The van der Waals surface area contributed by atoms with Crippen molar-refractivity contribution in [2.75, 3.05) is 0 Å². The van der Waals surface area contributed by atoms with Crippen molar-refractivity contribution in [3.8, 4) is 5.75 Å². The van der Waals surface area contributed by atoms with E-state index in [2.05, 4.69) is 19.3 Å². The second kappa shape index (κ2) is 6.51. The normalized spacial score (nSPS) is 14.5. The van der Waals surface area contributed by atoms with Crippen LogP contribution in [0, 0.1) is 0 Å². The van der Waals surface area contributed by atoms with Gasteiger partial charge >= 0.3 is 0 Å². The Morgan fingerprint density at radius 2 is 2.12 bits per heavy atom. The molecule has 0 saturated heterocycles. The van der Waals surface area contributed by atoms with Gasteiger partial charge in [-0.05, 0) is 38.0 Å². The molecule has 0 spiro atoms. The summed E-state index contributed by atoms with van der Waals surface area (Å²) >= 11 is 0. The smallest absolute Gasteiger partial charge is 0.120 e. The molecule has 90 valence electrons. The first-order chi connectivity index (χ1) is 7.67. The van der Waals surface area contributed by atoms with E-state index in [1.54, 1.807) is 0 Å². The lowest BCUT2D eigenvalue weighted by atomic mass is 10.1. The van der Waals surface area contributed by atoms with Crippen LogP contribution in [0.25, 0.3) is 0 Å². The Morgan fingerprint density at radius 3 is 2.75 bits per heavy atom. The maximum absolute atomic E-state index is 5.82. The van der Waals surface area contributed by atoms with Crippen LogP contribution in [0.2, 0.25) is 0 Å². The Hall–Kier alpha value is -1.06. The van der Waals surface area contributed by atoms with Gasteiger partial charge in [-0.1, -0.05) is 25.5 Å². The molecular formula is C13H22N2O. The molecule has 0 bridgehead atoms. The molecule has 0 amide bonds. The molecular weight excluding hydrogens is 200 g/mol. The van der Waals surface area contributed by atoms with E-state index in [0.29, 0.717) is 0 Å². The summed E-state index contributed by atoms with van der Waals surface area (Å²) in [4.78, 5) is 0. The van der Waals surface area contributed by atoms with Gasteiger partial charge in [0.1, 0.15) is 5.75 Å². The number of hydrazine groups is 1. The maximum Gasteiger partial charge on any atom is 0.120 e. The van der Waals surface area contributed by atoms with Crippen LogP contribution in [-0.2, 0) is 0 Å². The molecule has 1 rings (SSSR count). The lowest BCUT2D eigenvalue weighted by Crippen LogP contribution is -2.25. The van der Waals surface area contributed by atoms with Gasteiger partial charge in [0.2, 0.25) is 0 Å². The zero-order valence-electron chi connectivity index (χ0n) is 10.4. The molecule has 0 aliphatic carbocycles. The molecule has 0 heterocycles. The van der Waals surface area contributed by atoms with Crippen molar-refractivity contribution in [1.82, 2.24) is 5.43 Å². The zero-order chi connectivity index (χ0) is 12.0. The van der Waals surface area contributed by atoms with Gasteiger partial charge in [-0.2, -0.15) is 0 Å². The SMILES string of the molecule is CCC[C@@H](C)Oc1cccc([C@@H](C)NN)c1. The van der Waals surface area contributed by atoms with Crippen molar-refractivity contribution in [1.29, 1.82) is 0 Å². The average molecular weight is 222 g/mol. The number of nitrogens with two attached hydrogens (primary N) is 1. The van der Waals surface area contributed by atoms with Crippen LogP contribution in [-0.4, -0.2) is 6.10 Å². The highest BCUT2D eigenvalue weighted by Gasteiger charge is 2.06.